The van der Waals surface area contributed by atoms with Gasteiger partial charge in [0.15, 0.2) is 0 Å². The van der Waals surface area contributed by atoms with E-state index >= 15 is 0 Å². The van der Waals surface area contributed by atoms with Crippen LogP contribution >= 0.6 is 0 Å². The number of carbonyl (C=O) groups excluding carboxylic acids is 1. The third-order valence-electron chi connectivity index (χ3n) is 6.91. The fraction of sp³-hybridized carbons (Fsp3) is 0.481. The van der Waals surface area contributed by atoms with Gasteiger partial charge in [0.2, 0.25) is 5.95 Å². The van der Waals surface area contributed by atoms with Crippen LogP contribution in [0, 0.1) is 0 Å². The molecule has 0 radical (unpaired) electrons. The van der Waals surface area contributed by atoms with Gasteiger partial charge in [-0.15, -0.1) is 0 Å². The minimum atomic E-state index is -1.08. The van der Waals surface area contributed by atoms with Crippen molar-refractivity contribution >= 4 is 46.3 Å². The van der Waals surface area contributed by atoms with Crippen molar-refractivity contribution in [3.05, 3.63) is 36.3 Å². The monoisotopic (exact) mass is 588 g/mol. The minimum absolute atomic E-state index is 0. The van der Waals surface area contributed by atoms with Gasteiger partial charge in [-0.2, -0.15) is 4.98 Å². The van der Waals surface area contributed by atoms with Crippen LogP contribution in [0.3, 0.4) is 0 Å². The molecule has 0 aromatic carbocycles. The van der Waals surface area contributed by atoms with Gasteiger partial charge in [-0.3, -0.25) is 14.4 Å². The van der Waals surface area contributed by atoms with E-state index in [-0.39, 0.29) is 29.7 Å². The second kappa shape index (κ2) is 15.6. The van der Waals surface area contributed by atoms with E-state index in [2.05, 4.69) is 36.1 Å². The molecule has 1 saturated carbocycles. The molecular weight excluding hydrogens is 548 g/mol. The average Bonchev–Trinajstić information content (AvgIpc) is 3.60. The number of fused-ring (bicyclic) bond motifs is 1. The fourth-order valence-electron chi connectivity index (χ4n) is 4.89. The van der Waals surface area contributed by atoms with Crippen LogP contribution in [0.2, 0.25) is 0 Å². The number of aromatic nitrogens is 4. The molecule has 3 aromatic rings. The molecule has 1 saturated heterocycles. The van der Waals surface area contributed by atoms with Crippen molar-refractivity contribution in [1.29, 1.82) is 0 Å². The van der Waals surface area contributed by atoms with Crippen molar-refractivity contribution in [3.63, 3.8) is 0 Å². The number of carboxylic acids is 2. The van der Waals surface area contributed by atoms with Crippen LogP contribution in [-0.4, -0.2) is 104 Å². The topological polar surface area (TPSA) is 229 Å². The van der Waals surface area contributed by atoms with Gasteiger partial charge in [0.25, 0.3) is 5.91 Å². The summed E-state index contributed by atoms with van der Waals surface area (Å²) in [6.07, 6.45) is 7.58. The van der Waals surface area contributed by atoms with Gasteiger partial charge < -0.3 is 46.2 Å². The van der Waals surface area contributed by atoms with Crippen molar-refractivity contribution in [2.24, 2.45) is 0 Å². The van der Waals surface area contributed by atoms with Crippen LogP contribution in [0.15, 0.2) is 30.6 Å². The highest BCUT2D eigenvalue weighted by atomic mass is 16.4. The summed E-state index contributed by atoms with van der Waals surface area (Å²) >= 11 is 0. The number of piperazine rings is 1. The van der Waals surface area contributed by atoms with Gasteiger partial charge in [-0.25, -0.2) is 9.97 Å². The summed E-state index contributed by atoms with van der Waals surface area (Å²) in [6.45, 7) is 3.96. The normalized spacial score (nSPS) is 14.7. The SMILES string of the molecule is CN(C)C(=O)c1cc2cnc(Nc3ccc(N4CCNCC4)cn3)nc2n1C1CCCC1.O.O.O=C(O)CCC(=O)O. The number of rotatable bonds is 8. The molecule has 1 amide bonds. The predicted molar refractivity (Wildman–Crippen MR) is 157 cm³/mol. The lowest BCUT2D eigenvalue weighted by molar-refractivity contribution is -0.143. The lowest BCUT2D eigenvalue weighted by Gasteiger charge is -2.29. The van der Waals surface area contributed by atoms with E-state index in [0.29, 0.717) is 23.5 Å². The molecule has 1 aliphatic carbocycles. The molecule has 2 aliphatic rings. The number of nitrogens with one attached hydrogen (secondary N) is 2. The second-order valence-corrected chi connectivity index (χ2v) is 10.1. The van der Waals surface area contributed by atoms with E-state index in [0.717, 1.165) is 55.7 Å². The highest BCUT2D eigenvalue weighted by Gasteiger charge is 2.26. The molecule has 3 aromatic heterocycles. The second-order valence-electron chi connectivity index (χ2n) is 10.1. The smallest absolute Gasteiger partial charge is 0.303 e. The van der Waals surface area contributed by atoms with E-state index < -0.39 is 11.9 Å². The molecule has 5 rings (SSSR count). The summed E-state index contributed by atoms with van der Waals surface area (Å²) in [5.41, 5.74) is 2.61. The van der Waals surface area contributed by atoms with E-state index in [4.69, 9.17) is 15.2 Å². The van der Waals surface area contributed by atoms with Crippen LogP contribution in [-0.2, 0) is 9.59 Å². The minimum Gasteiger partial charge on any atom is -0.481 e. The summed E-state index contributed by atoms with van der Waals surface area (Å²) in [7, 11) is 3.57. The maximum atomic E-state index is 12.9. The Morgan fingerprint density at radius 2 is 1.64 bits per heavy atom. The molecule has 0 spiro atoms. The van der Waals surface area contributed by atoms with Crippen molar-refractivity contribution in [2.45, 2.75) is 44.6 Å². The molecule has 15 nitrogen and oxygen atoms in total. The van der Waals surface area contributed by atoms with E-state index in [1.54, 1.807) is 25.2 Å². The predicted octanol–water partition coefficient (Wildman–Crippen LogP) is 1.08. The largest absolute Gasteiger partial charge is 0.481 e. The molecule has 0 bridgehead atoms. The maximum absolute atomic E-state index is 12.9. The zero-order valence-corrected chi connectivity index (χ0v) is 23.8. The Balaban J connectivity index is 0.000000546. The highest BCUT2D eigenvalue weighted by molar-refractivity contribution is 5.98. The van der Waals surface area contributed by atoms with Gasteiger partial charge in [-0.1, -0.05) is 12.8 Å². The molecule has 15 heteroatoms. The fourth-order valence-corrected chi connectivity index (χ4v) is 4.89. The molecule has 8 N–H and O–H groups in total. The van der Waals surface area contributed by atoms with Crippen LogP contribution in [0.5, 0.6) is 0 Å². The zero-order valence-electron chi connectivity index (χ0n) is 23.8. The number of aliphatic carboxylic acids is 2. The van der Waals surface area contributed by atoms with Crippen LogP contribution in [0.1, 0.15) is 55.1 Å². The van der Waals surface area contributed by atoms with Crippen LogP contribution < -0.4 is 15.5 Å². The van der Waals surface area contributed by atoms with Crippen LogP contribution in [0.25, 0.3) is 11.0 Å². The van der Waals surface area contributed by atoms with Gasteiger partial charge >= 0.3 is 11.9 Å². The van der Waals surface area contributed by atoms with Crippen molar-refractivity contribution in [2.75, 3.05) is 50.5 Å². The third kappa shape index (κ3) is 8.58. The quantitative estimate of drug-likeness (QED) is 0.291. The first-order valence-electron chi connectivity index (χ1n) is 13.4. The van der Waals surface area contributed by atoms with Crippen LogP contribution in [0.4, 0.5) is 17.5 Å². The van der Waals surface area contributed by atoms with Gasteiger partial charge in [-0.05, 0) is 31.0 Å². The third-order valence-corrected chi connectivity index (χ3v) is 6.91. The lowest BCUT2D eigenvalue weighted by Crippen LogP contribution is -2.43. The molecule has 0 atom stereocenters. The summed E-state index contributed by atoms with van der Waals surface area (Å²) in [6, 6.07) is 6.25. The number of anilines is 3. The summed E-state index contributed by atoms with van der Waals surface area (Å²) in [5.74, 6) is -0.970. The molecule has 42 heavy (non-hydrogen) atoms. The number of hydrogen-bond acceptors (Lipinski definition) is 9. The van der Waals surface area contributed by atoms with E-state index in [1.807, 2.05) is 18.3 Å². The number of nitrogens with zero attached hydrogens (tertiary/aromatic N) is 6. The molecule has 230 valence electrons. The number of amides is 1. The summed E-state index contributed by atoms with van der Waals surface area (Å²) in [4.78, 5) is 49.9. The Labute approximate surface area is 243 Å². The molecule has 0 unspecified atom stereocenters. The maximum Gasteiger partial charge on any atom is 0.303 e. The van der Waals surface area contributed by atoms with E-state index in [9.17, 15) is 14.4 Å². The first-order valence-corrected chi connectivity index (χ1v) is 13.4. The lowest BCUT2D eigenvalue weighted by atomic mass is 10.2. The summed E-state index contributed by atoms with van der Waals surface area (Å²) < 4.78 is 2.12. The van der Waals surface area contributed by atoms with Gasteiger partial charge in [0.1, 0.15) is 17.2 Å². The molecule has 2 fully saturated rings. The van der Waals surface area contributed by atoms with Crippen molar-refractivity contribution in [1.82, 2.24) is 29.7 Å². The summed E-state index contributed by atoms with van der Waals surface area (Å²) in [5, 5.41) is 23.3. The number of carbonyl (C=O) groups is 3. The van der Waals surface area contributed by atoms with E-state index in [1.165, 1.54) is 12.8 Å². The Morgan fingerprint density at radius 3 is 2.19 bits per heavy atom. The first kappa shape index (κ1) is 33.9. The molecule has 4 heterocycles. The first-order chi connectivity index (χ1) is 19.2. The van der Waals surface area contributed by atoms with Gasteiger partial charge in [0.05, 0.1) is 24.7 Å². The van der Waals surface area contributed by atoms with Crippen molar-refractivity contribution < 1.29 is 35.5 Å². The highest BCUT2D eigenvalue weighted by Crippen LogP contribution is 2.35. The average molecular weight is 589 g/mol. The zero-order chi connectivity index (χ0) is 28.6. The Hall–Kier alpha value is -4.34. The standard InChI is InChI=1S/C23H30N8O.C4H6O4.2H2O/c1-29(2)22(32)19-13-16-14-26-23(28-21(16)31(19)17-5-3-4-6-17)27-20-8-7-18(15-25-20)30-11-9-24-10-12-30;5-3(6)1-2-4(7)8;;/h7-8,13-15,17,24H,3-6,9-12H2,1-2H3,(H,25,26,27,28);1-2H2,(H,5,6)(H,7,8);2*1H2. The number of carboxylic acid groups (broad SMARTS) is 2. The number of hydrogen-bond donors (Lipinski definition) is 4. The molecular formula is C27H40N8O7. The Kier molecular flexibility index (Phi) is 12.6. The Morgan fingerprint density at radius 1 is 1.00 bits per heavy atom. The number of pyridine rings is 1. The van der Waals surface area contributed by atoms with Gasteiger partial charge in [0, 0.05) is 57.9 Å². The van der Waals surface area contributed by atoms with Crippen molar-refractivity contribution in [3.8, 4) is 0 Å². The Bertz CT molecular complexity index is 1320. The molecule has 1 aliphatic heterocycles.